The number of benzene rings is 2. The Morgan fingerprint density at radius 3 is 2.60 bits per heavy atom. The molecule has 0 radical (unpaired) electrons. The second-order valence-corrected chi connectivity index (χ2v) is 5.08. The average molecular weight is 334 g/mol. The van der Waals surface area contributed by atoms with Crippen LogP contribution in [0.4, 0.5) is 0 Å². The topological polar surface area (TPSA) is 66.3 Å². The number of nitrogens with one attached hydrogen (secondary N) is 1. The first-order valence-electron chi connectivity index (χ1n) is 6.03. The molecular formula is C15H14BrN2O2+. The second-order valence-electron chi connectivity index (χ2n) is 4.16. The molecule has 2 aromatic rings. The molecule has 0 atom stereocenters. The molecule has 0 amide bonds. The van der Waals surface area contributed by atoms with Gasteiger partial charge in [-0.05, 0) is 23.8 Å². The summed E-state index contributed by atoms with van der Waals surface area (Å²) < 4.78 is 0.898. The van der Waals surface area contributed by atoms with Crippen molar-refractivity contribution in [2.45, 2.75) is 6.42 Å². The van der Waals surface area contributed by atoms with Crippen molar-refractivity contribution in [3.05, 3.63) is 70.2 Å². The van der Waals surface area contributed by atoms with Crippen molar-refractivity contribution in [2.24, 2.45) is 5.73 Å². The molecule has 5 heteroatoms. The van der Waals surface area contributed by atoms with Gasteiger partial charge < -0.3 is 0 Å². The molecule has 0 bridgehead atoms. The van der Waals surface area contributed by atoms with Crippen LogP contribution >= 0.6 is 15.9 Å². The Bertz CT molecular complexity index is 627. The standard InChI is InChI=1S/C15H13BrN2O2/c16-13-8-4-7-12(10-13)15(17)18-20-14(19)9-11-5-2-1-3-6-11/h1-8,10H,9H2,(H2,17,18)/p+1. The van der Waals surface area contributed by atoms with Gasteiger partial charge in [-0.15, -0.1) is 0 Å². The lowest BCUT2D eigenvalue weighted by atomic mass is 10.2. The predicted molar refractivity (Wildman–Crippen MR) is 79.6 cm³/mol. The SMILES string of the molecule is NC(=[NH+]OC(=O)Cc1ccccc1)c1cccc(Br)c1. The van der Waals surface area contributed by atoms with Crippen LogP contribution in [0.2, 0.25) is 0 Å². The van der Waals surface area contributed by atoms with Crippen molar-refractivity contribution in [2.75, 3.05) is 0 Å². The Morgan fingerprint density at radius 2 is 1.90 bits per heavy atom. The highest BCUT2D eigenvalue weighted by atomic mass is 79.9. The molecule has 0 fully saturated rings. The van der Waals surface area contributed by atoms with E-state index in [0.717, 1.165) is 15.6 Å². The molecule has 3 N–H and O–H groups in total. The number of carbonyl (C=O) groups excluding carboxylic acids is 1. The third-order valence-corrected chi connectivity index (χ3v) is 3.09. The van der Waals surface area contributed by atoms with Gasteiger partial charge in [-0.2, -0.15) is 0 Å². The van der Waals surface area contributed by atoms with Crippen molar-refractivity contribution in [1.29, 1.82) is 0 Å². The highest BCUT2D eigenvalue weighted by molar-refractivity contribution is 9.10. The van der Waals surface area contributed by atoms with Crippen molar-refractivity contribution in [1.82, 2.24) is 0 Å². The Hall–Kier alpha value is -2.14. The van der Waals surface area contributed by atoms with E-state index in [9.17, 15) is 4.79 Å². The highest BCUT2D eigenvalue weighted by Crippen LogP contribution is 2.10. The van der Waals surface area contributed by atoms with Gasteiger partial charge >= 0.3 is 11.8 Å². The van der Waals surface area contributed by atoms with Crippen LogP contribution in [0.25, 0.3) is 0 Å². The highest BCUT2D eigenvalue weighted by Gasteiger charge is 2.09. The van der Waals surface area contributed by atoms with E-state index in [1.165, 1.54) is 0 Å². The molecule has 0 aliphatic rings. The monoisotopic (exact) mass is 333 g/mol. The van der Waals surface area contributed by atoms with Crippen LogP contribution in [-0.4, -0.2) is 11.8 Å². The molecule has 0 heterocycles. The fraction of sp³-hybridized carbons (Fsp3) is 0.0667. The van der Waals surface area contributed by atoms with Gasteiger partial charge in [0.05, 0.1) is 12.0 Å². The minimum Gasteiger partial charge on any atom is -0.284 e. The van der Waals surface area contributed by atoms with Crippen LogP contribution < -0.4 is 10.9 Å². The number of nitrogen functional groups attached to an aromatic ring is 1. The molecular weight excluding hydrogens is 320 g/mol. The Labute approximate surface area is 125 Å². The third-order valence-electron chi connectivity index (χ3n) is 2.60. The predicted octanol–water partition coefficient (Wildman–Crippen LogP) is 0.936. The summed E-state index contributed by atoms with van der Waals surface area (Å²) in [6.07, 6.45) is 0.194. The molecule has 0 aromatic heterocycles. The molecule has 0 saturated carbocycles. The van der Waals surface area contributed by atoms with Gasteiger partial charge in [0.15, 0.2) is 0 Å². The number of rotatable bonds is 4. The lowest BCUT2D eigenvalue weighted by molar-refractivity contribution is -0.724. The second kappa shape index (κ2) is 6.86. The summed E-state index contributed by atoms with van der Waals surface area (Å²) in [4.78, 5) is 16.6. The molecule has 0 aliphatic heterocycles. The van der Waals surface area contributed by atoms with Gasteiger partial charge in [0.25, 0.3) is 0 Å². The van der Waals surface area contributed by atoms with Crippen LogP contribution in [-0.2, 0) is 16.1 Å². The van der Waals surface area contributed by atoms with Gasteiger partial charge in [0.2, 0.25) is 0 Å². The molecule has 0 spiro atoms. The molecule has 102 valence electrons. The number of hydrogen-bond acceptors (Lipinski definition) is 2. The van der Waals surface area contributed by atoms with E-state index in [1.54, 1.807) is 0 Å². The van der Waals surface area contributed by atoms with Crippen molar-refractivity contribution < 1.29 is 14.8 Å². The van der Waals surface area contributed by atoms with Gasteiger partial charge in [0, 0.05) is 4.47 Å². The number of nitrogens with two attached hydrogens (primary N) is 1. The van der Waals surface area contributed by atoms with Crippen LogP contribution in [0.3, 0.4) is 0 Å². The molecule has 0 aliphatic carbocycles. The van der Waals surface area contributed by atoms with Crippen LogP contribution in [0, 0.1) is 0 Å². The minimum atomic E-state index is -0.394. The maximum absolute atomic E-state index is 11.7. The first kappa shape index (κ1) is 14.3. The third kappa shape index (κ3) is 4.20. The zero-order valence-electron chi connectivity index (χ0n) is 10.7. The first-order chi connectivity index (χ1) is 9.65. The van der Waals surface area contributed by atoms with E-state index in [4.69, 9.17) is 10.6 Å². The fourth-order valence-electron chi connectivity index (χ4n) is 1.63. The zero-order valence-corrected chi connectivity index (χ0v) is 12.3. The largest absolute Gasteiger partial charge is 0.361 e. The summed E-state index contributed by atoms with van der Waals surface area (Å²) >= 11 is 3.35. The molecule has 2 rings (SSSR count). The van der Waals surface area contributed by atoms with E-state index < -0.39 is 5.97 Å². The summed E-state index contributed by atoms with van der Waals surface area (Å²) in [5.41, 5.74) is 7.44. The van der Waals surface area contributed by atoms with Gasteiger partial charge in [0.1, 0.15) is 0 Å². The van der Waals surface area contributed by atoms with Crippen LogP contribution in [0.1, 0.15) is 11.1 Å². The quantitative estimate of drug-likeness (QED) is 0.378. The summed E-state index contributed by atoms with van der Waals surface area (Å²) in [5.74, 6) is -0.109. The van der Waals surface area contributed by atoms with Crippen molar-refractivity contribution >= 4 is 27.7 Å². The van der Waals surface area contributed by atoms with E-state index in [0.29, 0.717) is 0 Å². The molecule has 2 aromatic carbocycles. The molecule has 0 unspecified atom stereocenters. The first-order valence-corrected chi connectivity index (χ1v) is 6.82. The summed E-state index contributed by atoms with van der Waals surface area (Å²) in [6.45, 7) is 0. The number of carbonyl (C=O) groups is 1. The molecule has 4 nitrogen and oxygen atoms in total. The summed E-state index contributed by atoms with van der Waals surface area (Å²) in [5, 5.41) is 2.47. The van der Waals surface area contributed by atoms with E-state index >= 15 is 0 Å². The normalized spacial score (nSPS) is 11.2. The Kier molecular flexibility index (Phi) is 4.90. The Morgan fingerprint density at radius 1 is 1.15 bits per heavy atom. The van der Waals surface area contributed by atoms with Crippen LogP contribution in [0.15, 0.2) is 59.1 Å². The number of amidine groups is 1. The van der Waals surface area contributed by atoms with E-state index in [2.05, 4.69) is 21.1 Å². The summed E-state index contributed by atoms with van der Waals surface area (Å²) in [7, 11) is 0. The van der Waals surface area contributed by atoms with E-state index in [1.807, 2.05) is 54.6 Å². The van der Waals surface area contributed by atoms with Gasteiger partial charge in [-0.3, -0.25) is 10.6 Å². The number of hydrogen-bond donors (Lipinski definition) is 2. The molecule has 0 saturated heterocycles. The number of halogens is 1. The fourth-order valence-corrected chi connectivity index (χ4v) is 2.02. The Balaban J connectivity index is 1.97. The average Bonchev–Trinajstić information content (AvgIpc) is 2.46. The van der Waals surface area contributed by atoms with Crippen molar-refractivity contribution in [3.8, 4) is 0 Å². The molecule has 20 heavy (non-hydrogen) atoms. The lowest BCUT2D eigenvalue weighted by Gasteiger charge is -1.99. The van der Waals surface area contributed by atoms with E-state index in [-0.39, 0.29) is 12.3 Å². The lowest BCUT2D eigenvalue weighted by Crippen LogP contribution is -2.75. The maximum Gasteiger partial charge on any atom is 0.361 e. The van der Waals surface area contributed by atoms with Gasteiger partial charge in [-0.25, -0.2) is 4.79 Å². The van der Waals surface area contributed by atoms with Crippen molar-refractivity contribution in [3.63, 3.8) is 0 Å². The zero-order chi connectivity index (χ0) is 14.4. The smallest absolute Gasteiger partial charge is 0.284 e. The summed E-state index contributed by atoms with van der Waals surface area (Å²) in [6, 6.07) is 16.7. The van der Waals surface area contributed by atoms with Gasteiger partial charge in [-0.1, -0.05) is 57.5 Å². The van der Waals surface area contributed by atoms with Crippen LogP contribution in [0.5, 0.6) is 0 Å². The minimum absolute atomic E-state index is 0.194. The maximum atomic E-state index is 11.7.